The molecule has 2 heterocycles. The predicted octanol–water partition coefficient (Wildman–Crippen LogP) is -0.453. The van der Waals surface area contributed by atoms with Gasteiger partial charge in [-0.05, 0) is 18.8 Å². The molecule has 2 rings (SSSR count). The lowest BCUT2D eigenvalue weighted by Gasteiger charge is -2.40. The summed E-state index contributed by atoms with van der Waals surface area (Å²) in [7, 11) is -3.09. The van der Waals surface area contributed by atoms with Crippen molar-refractivity contribution in [3.05, 3.63) is 0 Å². The van der Waals surface area contributed by atoms with Crippen molar-refractivity contribution in [2.24, 2.45) is 5.92 Å². The van der Waals surface area contributed by atoms with E-state index in [9.17, 15) is 18.0 Å². The summed E-state index contributed by atoms with van der Waals surface area (Å²) >= 11 is 0. The van der Waals surface area contributed by atoms with Gasteiger partial charge in [0.1, 0.15) is 6.04 Å². The average molecular weight is 288 g/mol. The summed E-state index contributed by atoms with van der Waals surface area (Å²) in [6.07, 6.45) is 1.22. The summed E-state index contributed by atoms with van der Waals surface area (Å²) in [5.74, 6) is -0.195. The third kappa shape index (κ3) is 3.08. The third-order valence-corrected chi connectivity index (χ3v) is 5.53. The molecule has 2 fully saturated rings. The second-order valence-corrected chi connectivity index (χ2v) is 7.89. The summed E-state index contributed by atoms with van der Waals surface area (Å²) < 4.78 is 23.3. The second-order valence-electron chi connectivity index (χ2n) is 5.67. The molecule has 108 valence electrons. The fraction of sp³-hybridized carbons (Fsp3) is 0.833. The number of sulfone groups is 1. The molecule has 0 bridgehead atoms. The Morgan fingerprint density at radius 3 is 2.58 bits per heavy atom. The number of rotatable bonds is 2. The Morgan fingerprint density at radius 1 is 1.32 bits per heavy atom. The topological polar surface area (TPSA) is 83.6 Å². The van der Waals surface area contributed by atoms with E-state index < -0.39 is 15.9 Å². The van der Waals surface area contributed by atoms with Crippen LogP contribution in [0, 0.1) is 5.92 Å². The molecule has 2 amide bonds. The molecule has 1 N–H and O–H groups in total. The molecular weight excluding hydrogens is 268 g/mol. The third-order valence-electron chi connectivity index (χ3n) is 3.73. The van der Waals surface area contributed by atoms with Crippen molar-refractivity contribution < 1.29 is 18.0 Å². The van der Waals surface area contributed by atoms with Crippen LogP contribution in [0.1, 0.15) is 26.7 Å². The van der Waals surface area contributed by atoms with Crippen molar-refractivity contribution >= 4 is 21.7 Å². The van der Waals surface area contributed by atoms with E-state index in [-0.39, 0.29) is 41.8 Å². The molecule has 0 aliphatic carbocycles. The van der Waals surface area contributed by atoms with Gasteiger partial charge in [0.15, 0.2) is 9.84 Å². The van der Waals surface area contributed by atoms with Gasteiger partial charge in [-0.2, -0.15) is 0 Å². The van der Waals surface area contributed by atoms with Crippen LogP contribution in [-0.4, -0.2) is 55.3 Å². The monoisotopic (exact) mass is 288 g/mol. The maximum atomic E-state index is 12.3. The Balaban J connectivity index is 2.18. The van der Waals surface area contributed by atoms with E-state index in [0.717, 1.165) is 0 Å². The summed E-state index contributed by atoms with van der Waals surface area (Å²) in [5.41, 5.74) is 0. The first-order valence-corrected chi connectivity index (χ1v) is 8.42. The number of nitrogens with one attached hydrogen (secondary N) is 1. The Bertz CT molecular complexity index is 486. The SMILES string of the molecule is CC(C)C1NC(=O)CN(C2CCCS(=O)(=O)C2)C1=O. The molecule has 2 aliphatic rings. The van der Waals surface area contributed by atoms with Crippen LogP contribution in [0.3, 0.4) is 0 Å². The van der Waals surface area contributed by atoms with Gasteiger partial charge >= 0.3 is 0 Å². The van der Waals surface area contributed by atoms with Crippen LogP contribution in [0.4, 0.5) is 0 Å². The van der Waals surface area contributed by atoms with E-state index in [2.05, 4.69) is 5.32 Å². The minimum atomic E-state index is -3.09. The number of nitrogens with zero attached hydrogens (tertiary/aromatic N) is 1. The van der Waals surface area contributed by atoms with Crippen molar-refractivity contribution in [2.75, 3.05) is 18.1 Å². The van der Waals surface area contributed by atoms with E-state index in [1.807, 2.05) is 13.8 Å². The molecule has 0 spiro atoms. The summed E-state index contributed by atoms with van der Waals surface area (Å²) in [6.45, 7) is 3.70. The molecule has 19 heavy (non-hydrogen) atoms. The quantitative estimate of drug-likeness (QED) is 0.746. The van der Waals surface area contributed by atoms with E-state index in [1.165, 1.54) is 4.90 Å². The van der Waals surface area contributed by atoms with Gasteiger partial charge in [-0.1, -0.05) is 13.8 Å². The zero-order valence-electron chi connectivity index (χ0n) is 11.3. The molecule has 2 unspecified atom stereocenters. The van der Waals surface area contributed by atoms with Crippen molar-refractivity contribution in [2.45, 2.75) is 38.8 Å². The van der Waals surface area contributed by atoms with Crippen LogP contribution in [0.2, 0.25) is 0 Å². The number of carbonyl (C=O) groups excluding carboxylic acids is 2. The standard InChI is InChI=1S/C12H20N2O4S/c1-8(2)11-12(16)14(6-10(15)13-11)9-4-3-5-19(17,18)7-9/h8-9,11H,3-7H2,1-2H3,(H,13,15). The van der Waals surface area contributed by atoms with Crippen molar-refractivity contribution in [1.82, 2.24) is 10.2 Å². The van der Waals surface area contributed by atoms with Crippen LogP contribution >= 0.6 is 0 Å². The Kier molecular flexibility index (Phi) is 3.85. The molecule has 0 aromatic heterocycles. The van der Waals surface area contributed by atoms with Crippen molar-refractivity contribution in [3.63, 3.8) is 0 Å². The van der Waals surface area contributed by atoms with E-state index in [1.54, 1.807) is 0 Å². The molecule has 7 heteroatoms. The summed E-state index contributed by atoms with van der Waals surface area (Å²) in [6, 6.07) is -0.885. The average Bonchev–Trinajstić information content (AvgIpc) is 2.30. The van der Waals surface area contributed by atoms with E-state index in [4.69, 9.17) is 0 Å². The lowest BCUT2D eigenvalue weighted by Crippen LogP contribution is -2.63. The smallest absolute Gasteiger partial charge is 0.246 e. The van der Waals surface area contributed by atoms with E-state index >= 15 is 0 Å². The van der Waals surface area contributed by atoms with Crippen LogP contribution in [0.5, 0.6) is 0 Å². The Morgan fingerprint density at radius 2 is 2.00 bits per heavy atom. The fourth-order valence-electron chi connectivity index (χ4n) is 2.70. The zero-order chi connectivity index (χ0) is 14.2. The maximum absolute atomic E-state index is 12.3. The molecule has 2 saturated heterocycles. The van der Waals surface area contributed by atoms with Crippen LogP contribution in [-0.2, 0) is 19.4 Å². The van der Waals surface area contributed by atoms with Gasteiger partial charge in [-0.15, -0.1) is 0 Å². The molecule has 0 saturated carbocycles. The molecular formula is C12H20N2O4S. The lowest BCUT2D eigenvalue weighted by atomic mass is 9.99. The molecule has 0 radical (unpaired) electrons. The number of carbonyl (C=O) groups is 2. The molecule has 0 aromatic rings. The lowest BCUT2D eigenvalue weighted by molar-refractivity contribution is -0.147. The van der Waals surface area contributed by atoms with Gasteiger partial charge < -0.3 is 10.2 Å². The number of hydrogen-bond donors (Lipinski definition) is 1. The van der Waals surface area contributed by atoms with Crippen LogP contribution in [0.15, 0.2) is 0 Å². The molecule has 0 aromatic carbocycles. The molecule has 2 aliphatic heterocycles. The first kappa shape index (κ1) is 14.3. The first-order valence-electron chi connectivity index (χ1n) is 6.60. The Hall–Kier alpha value is -1.11. The van der Waals surface area contributed by atoms with Gasteiger partial charge in [0.2, 0.25) is 11.8 Å². The highest BCUT2D eigenvalue weighted by atomic mass is 32.2. The number of amides is 2. The fourth-order valence-corrected chi connectivity index (χ4v) is 4.40. The summed E-state index contributed by atoms with van der Waals surface area (Å²) in [5, 5.41) is 2.68. The van der Waals surface area contributed by atoms with Crippen LogP contribution in [0.25, 0.3) is 0 Å². The number of hydrogen-bond acceptors (Lipinski definition) is 4. The van der Waals surface area contributed by atoms with Gasteiger partial charge in [0.05, 0.1) is 18.1 Å². The highest BCUT2D eigenvalue weighted by molar-refractivity contribution is 7.91. The normalized spacial score (nSPS) is 31.4. The predicted molar refractivity (Wildman–Crippen MR) is 70.2 cm³/mol. The maximum Gasteiger partial charge on any atom is 0.246 e. The molecule has 2 atom stereocenters. The van der Waals surface area contributed by atoms with E-state index in [0.29, 0.717) is 12.8 Å². The number of piperazine rings is 1. The summed E-state index contributed by atoms with van der Waals surface area (Å²) in [4.78, 5) is 25.5. The largest absolute Gasteiger partial charge is 0.343 e. The minimum absolute atomic E-state index is 0.000511. The van der Waals surface area contributed by atoms with Gasteiger partial charge in [-0.3, -0.25) is 9.59 Å². The zero-order valence-corrected chi connectivity index (χ0v) is 12.1. The highest BCUT2D eigenvalue weighted by Crippen LogP contribution is 2.21. The minimum Gasteiger partial charge on any atom is -0.343 e. The van der Waals surface area contributed by atoms with Crippen molar-refractivity contribution in [1.29, 1.82) is 0 Å². The second kappa shape index (κ2) is 5.11. The van der Waals surface area contributed by atoms with Gasteiger partial charge in [0, 0.05) is 6.04 Å². The first-order chi connectivity index (χ1) is 8.80. The van der Waals surface area contributed by atoms with Gasteiger partial charge in [0.25, 0.3) is 0 Å². The van der Waals surface area contributed by atoms with Gasteiger partial charge in [-0.25, -0.2) is 8.42 Å². The molecule has 6 nitrogen and oxygen atoms in total. The highest BCUT2D eigenvalue weighted by Gasteiger charge is 2.40. The van der Waals surface area contributed by atoms with Crippen LogP contribution < -0.4 is 5.32 Å². The van der Waals surface area contributed by atoms with Crippen molar-refractivity contribution in [3.8, 4) is 0 Å². The Labute approximate surface area is 113 Å².